The molecular weight excluding hydrogens is 260 g/mol. The average Bonchev–Trinajstić information content (AvgIpc) is 2.85. The standard InChI is InChI=1S/C14H23ClN4/c1-3-19-6-4-5-12(19)10-18(2)14-13(15)7-11(8-16)9-17-14/h7,9,12H,3-6,8,10,16H2,1-2H3. The Morgan fingerprint density at radius 2 is 2.37 bits per heavy atom. The number of aromatic nitrogens is 1. The summed E-state index contributed by atoms with van der Waals surface area (Å²) in [5.74, 6) is 0.849. The molecule has 5 heteroatoms. The largest absolute Gasteiger partial charge is 0.357 e. The molecule has 106 valence electrons. The minimum Gasteiger partial charge on any atom is -0.357 e. The number of pyridine rings is 1. The monoisotopic (exact) mass is 282 g/mol. The maximum absolute atomic E-state index is 6.29. The highest BCUT2D eigenvalue weighted by Gasteiger charge is 2.24. The molecular formula is C14H23ClN4. The molecule has 1 unspecified atom stereocenters. The molecule has 0 amide bonds. The number of rotatable bonds is 5. The Kier molecular flexibility index (Phi) is 5.02. The molecule has 2 rings (SSSR count). The Hall–Kier alpha value is -0.840. The summed E-state index contributed by atoms with van der Waals surface area (Å²) >= 11 is 6.29. The van der Waals surface area contributed by atoms with E-state index >= 15 is 0 Å². The topological polar surface area (TPSA) is 45.4 Å². The molecule has 1 atom stereocenters. The second-order valence-electron chi connectivity index (χ2n) is 5.16. The van der Waals surface area contributed by atoms with E-state index in [9.17, 15) is 0 Å². The van der Waals surface area contributed by atoms with Crippen LogP contribution in [0.15, 0.2) is 12.3 Å². The zero-order valence-electron chi connectivity index (χ0n) is 11.8. The van der Waals surface area contributed by atoms with Crippen LogP contribution in [0.25, 0.3) is 0 Å². The van der Waals surface area contributed by atoms with Gasteiger partial charge in [-0.2, -0.15) is 0 Å². The molecule has 0 radical (unpaired) electrons. The fourth-order valence-corrected chi connectivity index (χ4v) is 3.12. The third-order valence-electron chi connectivity index (χ3n) is 3.87. The van der Waals surface area contributed by atoms with Crippen LogP contribution >= 0.6 is 11.6 Å². The zero-order valence-corrected chi connectivity index (χ0v) is 12.5. The van der Waals surface area contributed by atoms with Gasteiger partial charge in [-0.3, -0.25) is 4.90 Å². The van der Waals surface area contributed by atoms with Crippen molar-refractivity contribution in [3.63, 3.8) is 0 Å². The molecule has 0 bridgehead atoms. The Bertz CT molecular complexity index is 424. The average molecular weight is 283 g/mol. The summed E-state index contributed by atoms with van der Waals surface area (Å²) in [6, 6.07) is 2.52. The molecule has 2 heterocycles. The van der Waals surface area contributed by atoms with Gasteiger partial charge in [-0.05, 0) is 37.6 Å². The predicted octanol–water partition coefficient (Wildman–Crippen LogP) is 2.11. The summed E-state index contributed by atoms with van der Waals surface area (Å²) in [4.78, 5) is 9.12. The Balaban J connectivity index is 2.05. The van der Waals surface area contributed by atoms with Gasteiger partial charge in [0.05, 0.1) is 5.02 Å². The number of hydrogen-bond donors (Lipinski definition) is 1. The summed E-state index contributed by atoms with van der Waals surface area (Å²) in [6.45, 7) is 6.00. The molecule has 19 heavy (non-hydrogen) atoms. The van der Waals surface area contributed by atoms with Gasteiger partial charge in [-0.1, -0.05) is 18.5 Å². The zero-order chi connectivity index (χ0) is 13.8. The molecule has 1 aromatic heterocycles. The lowest BCUT2D eigenvalue weighted by molar-refractivity contribution is 0.270. The van der Waals surface area contributed by atoms with E-state index in [4.69, 9.17) is 17.3 Å². The van der Waals surface area contributed by atoms with Crippen molar-refractivity contribution < 1.29 is 0 Å². The van der Waals surface area contributed by atoms with Crippen LogP contribution in [0, 0.1) is 0 Å². The first kappa shape index (κ1) is 14.6. The molecule has 0 saturated carbocycles. The van der Waals surface area contributed by atoms with Gasteiger partial charge in [0.15, 0.2) is 0 Å². The van der Waals surface area contributed by atoms with Gasteiger partial charge in [0.2, 0.25) is 0 Å². The molecule has 0 aromatic carbocycles. The SMILES string of the molecule is CCN1CCCC1CN(C)c1ncc(CN)cc1Cl. The molecule has 1 fully saturated rings. The van der Waals surface area contributed by atoms with Gasteiger partial charge < -0.3 is 10.6 Å². The Morgan fingerprint density at radius 3 is 3.00 bits per heavy atom. The summed E-state index contributed by atoms with van der Waals surface area (Å²) in [5.41, 5.74) is 6.56. The van der Waals surface area contributed by atoms with Crippen LogP contribution in [0.1, 0.15) is 25.3 Å². The Morgan fingerprint density at radius 1 is 1.58 bits per heavy atom. The molecule has 1 aliphatic heterocycles. The number of nitrogens with zero attached hydrogens (tertiary/aromatic N) is 3. The lowest BCUT2D eigenvalue weighted by Gasteiger charge is -2.28. The van der Waals surface area contributed by atoms with Gasteiger partial charge in [-0.15, -0.1) is 0 Å². The lowest BCUT2D eigenvalue weighted by Crippen LogP contribution is -2.39. The van der Waals surface area contributed by atoms with Crippen LogP contribution in [-0.2, 0) is 6.54 Å². The van der Waals surface area contributed by atoms with Crippen molar-refractivity contribution >= 4 is 17.4 Å². The van der Waals surface area contributed by atoms with E-state index in [0.29, 0.717) is 17.6 Å². The number of likely N-dealkylation sites (N-methyl/N-ethyl adjacent to an activating group) is 2. The number of anilines is 1. The van der Waals surface area contributed by atoms with E-state index in [2.05, 4.69) is 28.8 Å². The number of nitrogens with two attached hydrogens (primary N) is 1. The fourth-order valence-electron chi connectivity index (χ4n) is 2.78. The van der Waals surface area contributed by atoms with Crippen molar-refractivity contribution in [3.8, 4) is 0 Å². The molecule has 2 N–H and O–H groups in total. The fraction of sp³-hybridized carbons (Fsp3) is 0.643. The van der Waals surface area contributed by atoms with E-state index in [-0.39, 0.29) is 0 Å². The van der Waals surface area contributed by atoms with Gasteiger partial charge in [-0.25, -0.2) is 4.98 Å². The molecule has 1 saturated heterocycles. The highest BCUT2D eigenvalue weighted by atomic mass is 35.5. The van der Waals surface area contributed by atoms with E-state index < -0.39 is 0 Å². The first-order valence-electron chi connectivity index (χ1n) is 6.95. The summed E-state index contributed by atoms with van der Waals surface area (Å²) in [5, 5.41) is 0.687. The third-order valence-corrected chi connectivity index (χ3v) is 4.14. The molecule has 1 aliphatic rings. The summed E-state index contributed by atoms with van der Waals surface area (Å²) in [6.07, 6.45) is 4.36. The van der Waals surface area contributed by atoms with Gasteiger partial charge in [0.1, 0.15) is 5.82 Å². The Labute approximate surface area is 120 Å². The minimum absolute atomic E-state index is 0.475. The number of hydrogen-bond acceptors (Lipinski definition) is 4. The predicted molar refractivity (Wildman–Crippen MR) is 80.7 cm³/mol. The highest BCUT2D eigenvalue weighted by Crippen LogP contribution is 2.25. The first-order chi connectivity index (χ1) is 9.15. The molecule has 1 aromatic rings. The van der Waals surface area contributed by atoms with Crippen LogP contribution < -0.4 is 10.6 Å². The van der Waals surface area contributed by atoms with E-state index in [1.807, 2.05) is 12.3 Å². The quantitative estimate of drug-likeness (QED) is 0.898. The maximum Gasteiger partial charge on any atom is 0.147 e. The van der Waals surface area contributed by atoms with Gasteiger partial charge in [0, 0.05) is 32.4 Å². The molecule has 4 nitrogen and oxygen atoms in total. The minimum atomic E-state index is 0.475. The van der Waals surface area contributed by atoms with Crippen LogP contribution in [0.5, 0.6) is 0 Å². The molecule has 0 spiro atoms. The lowest BCUT2D eigenvalue weighted by atomic mass is 10.2. The van der Waals surface area contributed by atoms with Gasteiger partial charge in [0.25, 0.3) is 0 Å². The van der Waals surface area contributed by atoms with Crippen LogP contribution in [-0.4, -0.2) is 42.6 Å². The highest BCUT2D eigenvalue weighted by molar-refractivity contribution is 6.33. The van der Waals surface area contributed by atoms with Crippen molar-refractivity contribution in [2.24, 2.45) is 5.73 Å². The van der Waals surface area contributed by atoms with E-state index in [1.165, 1.54) is 19.4 Å². The van der Waals surface area contributed by atoms with Gasteiger partial charge >= 0.3 is 0 Å². The third kappa shape index (κ3) is 3.38. The maximum atomic E-state index is 6.29. The second kappa shape index (κ2) is 6.55. The number of halogens is 1. The van der Waals surface area contributed by atoms with Crippen molar-refractivity contribution in [3.05, 3.63) is 22.8 Å². The number of likely N-dealkylation sites (tertiary alicyclic amines) is 1. The second-order valence-corrected chi connectivity index (χ2v) is 5.57. The van der Waals surface area contributed by atoms with E-state index in [1.54, 1.807) is 0 Å². The normalized spacial score (nSPS) is 19.9. The van der Waals surface area contributed by atoms with Crippen molar-refractivity contribution in [2.45, 2.75) is 32.4 Å². The summed E-state index contributed by atoms with van der Waals surface area (Å²) in [7, 11) is 2.06. The van der Waals surface area contributed by atoms with Crippen LogP contribution in [0.4, 0.5) is 5.82 Å². The van der Waals surface area contributed by atoms with Crippen LogP contribution in [0.2, 0.25) is 5.02 Å². The molecule has 0 aliphatic carbocycles. The summed E-state index contributed by atoms with van der Waals surface area (Å²) < 4.78 is 0. The van der Waals surface area contributed by atoms with Crippen molar-refractivity contribution in [1.29, 1.82) is 0 Å². The smallest absolute Gasteiger partial charge is 0.147 e. The van der Waals surface area contributed by atoms with Crippen LogP contribution in [0.3, 0.4) is 0 Å². The van der Waals surface area contributed by atoms with E-state index in [0.717, 1.165) is 24.5 Å². The van der Waals surface area contributed by atoms with Crippen molar-refractivity contribution in [1.82, 2.24) is 9.88 Å². The van der Waals surface area contributed by atoms with Crippen molar-refractivity contribution in [2.75, 3.05) is 31.6 Å². The first-order valence-corrected chi connectivity index (χ1v) is 7.33.